The van der Waals surface area contributed by atoms with Crippen LogP contribution in [0, 0.1) is 0 Å². The summed E-state index contributed by atoms with van der Waals surface area (Å²) in [5, 5.41) is 21.6. The normalized spacial score (nSPS) is 10.4. The van der Waals surface area contributed by atoms with Crippen LogP contribution < -0.4 is 0 Å². The highest BCUT2D eigenvalue weighted by atomic mass is 19.1. The van der Waals surface area contributed by atoms with E-state index in [0.29, 0.717) is 5.56 Å². The lowest BCUT2D eigenvalue weighted by Crippen LogP contribution is -1.94. The predicted octanol–water partition coefficient (Wildman–Crippen LogP) is 2.21. The van der Waals surface area contributed by atoms with E-state index in [0.717, 1.165) is 0 Å². The number of aromatic carboxylic acids is 1. The van der Waals surface area contributed by atoms with Crippen LogP contribution in [0.25, 0.3) is 11.3 Å². The molecule has 0 fully saturated rings. The number of nitrogens with zero attached hydrogens (tertiary/aromatic N) is 1. The Morgan fingerprint density at radius 1 is 1.41 bits per heavy atom. The van der Waals surface area contributed by atoms with Gasteiger partial charge in [0, 0.05) is 6.07 Å². The molecule has 6 heteroatoms. The minimum absolute atomic E-state index is 0.0789. The highest BCUT2D eigenvalue weighted by Crippen LogP contribution is 2.30. The van der Waals surface area contributed by atoms with E-state index in [-0.39, 0.29) is 22.8 Å². The van der Waals surface area contributed by atoms with Crippen molar-refractivity contribution in [2.45, 2.75) is 6.67 Å². The summed E-state index contributed by atoms with van der Waals surface area (Å²) in [7, 11) is 0. The number of phenolic OH excluding ortho intramolecular Hbond substituents is 1. The molecule has 0 spiro atoms. The van der Waals surface area contributed by atoms with Gasteiger partial charge in [-0.05, 0) is 17.7 Å². The summed E-state index contributed by atoms with van der Waals surface area (Å²) >= 11 is 0. The van der Waals surface area contributed by atoms with Crippen LogP contribution in [0.4, 0.5) is 4.39 Å². The number of hydrogen-bond acceptors (Lipinski definition) is 4. The van der Waals surface area contributed by atoms with Gasteiger partial charge in [0.05, 0.1) is 5.56 Å². The van der Waals surface area contributed by atoms with Crippen LogP contribution in [0.3, 0.4) is 0 Å². The molecule has 17 heavy (non-hydrogen) atoms. The fourth-order valence-electron chi connectivity index (χ4n) is 1.37. The first-order chi connectivity index (χ1) is 8.11. The second kappa shape index (κ2) is 4.25. The molecule has 5 nitrogen and oxygen atoms in total. The smallest absolute Gasteiger partial charge is 0.358 e. The summed E-state index contributed by atoms with van der Waals surface area (Å²) in [6, 6.07) is 5.28. The highest BCUT2D eigenvalue weighted by molar-refractivity contribution is 5.86. The monoisotopic (exact) mass is 237 g/mol. The summed E-state index contributed by atoms with van der Waals surface area (Å²) in [6.45, 7) is -0.687. The Hall–Kier alpha value is -2.37. The number of carboxylic acids is 1. The number of hydrogen-bond donors (Lipinski definition) is 2. The van der Waals surface area contributed by atoms with Gasteiger partial charge in [-0.2, -0.15) is 0 Å². The van der Waals surface area contributed by atoms with Crippen molar-refractivity contribution in [3.8, 4) is 17.1 Å². The average Bonchev–Trinajstić information content (AvgIpc) is 2.79. The van der Waals surface area contributed by atoms with E-state index in [9.17, 15) is 14.3 Å². The van der Waals surface area contributed by atoms with E-state index in [1.165, 1.54) is 24.3 Å². The van der Waals surface area contributed by atoms with Crippen LogP contribution in [0.15, 0.2) is 28.8 Å². The molecule has 0 aliphatic carbocycles. The number of rotatable bonds is 3. The average molecular weight is 237 g/mol. The quantitative estimate of drug-likeness (QED) is 0.854. The lowest BCUT2D eigenvalue weighted by molar-refractivity contribution is 0.0686. The highest BCUT2D eigenvalue weighted by Gasteiger charge is 2.15. The van der Waals surface area contributed by atoms with Crippen LogP contribution in [-0.2, 0) is 6.67 Å². The Labute approximate surface area is 95.1 Å². The molecule has 1 aromatic heterocycles. The first kappa shape index (κ1) is 11.1. The third-order valence-corrected chi connectivity index (χ3v) is 2.21. The first-order valence-electron chi connectivity index (χ1n) is 4.70. The molecule has 88 valence electrons. The van der Waals surface area contributed by atoms with E-state index in [1.807, 2.05) is 0 Å². The first-order valence-corrected chi connectivity index (χ1v) is 4.70. The van der Waals surface area contributed by atoms with E-state index in [1.54, 1.807) is 0 Å². The van der Waals surface area contributed by atoms with Crippen molar-refractivity contribution in [1.82, 2.24) is 5.16 Å². The van der Waals surface area contributed by atoms with E-state index < -0.39 is 12.6 Å². The molecule has 2 N–H and O–H groups in total. The third kappa shape index (κ3) is 2.10. The van der Waals surface area contributed by atoms with Gasteiger partial charge in [0.25, 0.3) is 0 Å². The summed E-state index contributed by atoms with van der Waals surface area (Å²) < 4.78 is 17.2. The van der Waals surface area contributed by atoms with Crippen LogP contribution in [0.1, 0.15) is 16.1 Å². The van der Waals surface area contributed by atoms with Gasteiger partial charge in [0.1, 0.15) is 12.4 Å². The predicted molar refractivity (Wildman–Crippen MR) is 55.4 cm³/mol. The molecule has 0 saturated carbocycles. The zero-order valence-electron chi connectivity index (χ0n) is 8.55. The van der Waals surface area contributed by atoms with Gasteiger partial charge in [-0.15, -0.1) is 0 Å². The maximum atomic E-state index is 12.5. The molecule has 1 aromatic carbocycles. The standard InChI is InChI=1S/C11H8FNO4/c12-5-6-1-2-9(14)7(3-6)10-4-8(11(15)16)13-17-10/h1-4,14H,5H2,(H,15,16). The number of aromatic hydroxyl groups is 1. The lowest BCUT2D eigenvalue weighted by Gasteiger charge is -2.01. The third-order valence-electron chi connectivity index (χ3n) is 2.21. The Morgan fingerprint density at radius 3 is 2.76 bits per heavy atom. The van der Waals surface area contributed by atoms with E-state index >= 15 is 0 Å². The minimum atomic E-state index is -1.24. The topological polar surface area (TPSA) is 83.6 Å². The molecule has 0 aliphatic heterocycles. The van der Waals surface area contributed by atoms with Gasteiger partial charge in [0.15, 0.2) is 11.5 Å². The second-order valence-corrected chi connectivity index (χ2v) is 3.37. The van der Waals surface area contributed by atoms with Crippen LogP contribution in [-0.4, -0.2) is 21.3 Å². The van der Waals surface area contributed by atoms with Crippen molar-refractivity contribution < 1.29 is 23.9 Å². The van der Waals surface area contributed by atoms with Gasteiger partial charge >= 0.3 is 5.97 Å². The molecule has 0 saturated heterocycles. The molecule has 2 aromatic rings. The van der Waals surface area contributed by atoms with Crippen molar-refractivity contribution in [2.75, 3.05) is 0 Å². The molecule has 0 unspecified atom stereocenters. The number of alkyl halides is 1. The van der Waals surface area contributed by atoms with Crippen molar-refractivity contribution in [1.29, 1.82) is 0 Å². The summed E-state index contributed by atoms with van der Waals surface area (Å²) in [6.07, 6.45) is 0. The van der Waals surface area contributed by atoms with Crippen LogP contribution >= 0.6 is 0 Å². The van der Waals surface area contributed by atoms with Gasteiger partial charge in [-0.1, -0.05) is 11.2 Å². The number of carboxylic acid groups (broad SMARTS) is 1. The summed E-state index contributed by atoms with van der Waals surface area (Å²) in [5.74, 6) is -1.29. The van der Waals surface area contributed by atoms with E-state index in [2.05, 4.69) is 5.16 Å². The Bertz CT molecular complexity index is 564. The van der Waals surface area contributed by atoms with Gasteiger partial charge < -0.3 is 14.7 Å². The number of aromatic nitrogens is 1. The zero-order valence-corrected chi connectivity index (χ0v) is 8.55. The van der Waals surface area contributed by atoms with Crippen molar-refractivity contribution in [3.05, 3.63) is 35.5 Å². The van der Waals surface area contributed by atoms with Crippen molar-refractivity contribution in [2.24, 2.45) is 0 Å². The summed E-state index contributed by atoms with van der Waals surface area (Å²) in [4.78, 5) is 10.6. The van der Waals surface area contributed by atoms with Crippen LogP contribution in [0.2, 0.25) is 0 Å². The maximum Gasteiger partial charge on any atom is 0.358 e. The zero-order chi connectivity index (χ0) is 12.4. The Balaban J connectivity index is 2.47. The maximum absolute atomic E-state index is 12.5. The minimum Gasteiger partial charge on any atom is -0.507 e. The molecule has 0 radical (unpaired) electrons. The molecule has 1 heterocycles. The number of benzene rings is 1. The SMILES string of the molecule is O=C(O)c1cc(-c2cc(CF)ccc2O)on1. The van der Waals surface area contributed by atoms with Gasteiger partial charge in [-0.25, -0.2) is 9.18 Å². The number of halogens is 1. The van der Waals surface area contributed by atoms with Gasteiger partial charge in [0.2, 0.25) is 0 Å². The lowest BCUT2D eigenvalue weighted by atomic mass is 10.1. The molecule has 2 rings (SSSR count). The van der Waals surface area contributed by atoms with Crippen molar-refractivity contribution >= 4 is 5.97 Å². The Morgan fingerprint density at radius 2 is 2.18 bits per heavy atom. The molecule has 0 bridgehead atoms. The van der Waals surface area contributed by atoms with Crippen LogP contribution in [0.5, 0.6) is 5.75 Å². The summed E-state index contributed by atoms with van der Waals surface area (Å²) in [5.41, 5.74) is 0.288. The molecular formula is C11H8FNO4. The second-order valence-electron chi connectivity index (χ2n) is 3.37. The fraction of sp³-hybridized carbons (Fsp3) is 0.0909. The molecule has 0 aliphatic rings. The van der Waals surface area contributed by atoms with Gasteiger partial charge in [-0.3, -0.25) is 0 Å². The Kier molecular flexibility index (Phi) is 2.78. The number of carbonyl (C=O) groups is 1. The largest absolute Gasteiger partial charge is 0.507 e. The fourth-order valence-corrected chi connectivity index (χ4v) is 1.37. The molecule has 0 atom stereocenters. The number of phenols is 1. The van der Waals surface area contributed by atoms with Crippen molar-refractivity contribution in [3.63, 3.8) is 0 Å². The van der Waals surface area contributed by atoms with E-state index in [4.69, 9.17) is 9.63 Å². The molecule has 0 amide bonds. The molecular weight excluding hydrogens is 229 g/mol.